The topological polar surface area (TPSA) is 49.4 Å². The third kappa shape index (κ3) is 2.53. The van der Waals surface area contributed by atoms with E-state index in [0.717, 1.165) is 17.5 Å². The summed E-state index contributed by atoms with van der Waals surface area (Å²) in [6.07, 6.45) is 0.832. The van der Waals surface area contributed by atoms with Crippen LogP contribution in [0.15, 0.2) is 48.5 Å². The van der Waals surface area contributed by atoms with Crippen LogP contribution in [0.1, 0.15) is 52.9 Å². The van der Waals surface area contributed by atoms with Gasteiger partial charge in [-0.05, 0) is 43.0 Å². The van der Waals surface area contributed by atoms with Crippen molar-refractivity contribution in [3.63, 3.8) is 0 Å². The highest BCUT2D eigenvalue weighted by Gasteiger charge is 2.46. The highest BCUT2D eigenvalue weighted by atomic mass is 16.2. The van der Waals surface area contributed by atoms with Crippen LogP contribution in [0.4, 0.5) is 0 Å². The van der Waals surface area contributed by atoms with Crippen molar-refractivity contribution in [2.24, 2.45) is 0 Å². The zero-order valence-corrected chi connectivity index (χ0v) is 14.5. The normalized spacial score (nSPS) is 21.4. The average Bonchev–Trinajstić information content (AvgIpc) is 2.61. The van der Waals surface area contributed by atoms with Crippen molar-refractivity contribution in [1.82, 2.24) is 10.2 Å². The number of amides is 2. The number of carbonyl (C=O) groups is 2. The van der Waals surface area contributed by atoms with Gasteiger partial charge in [0.2, 0.25) is 5.91 Å². The Kier molecular flexibility index (Phi) is 3.83. The Hall–Kier alpha value is -2.62. The van der Waals surface area contributed by atoms with E-state index in [1.165, 1.54) is 5.56 Å². The largest absolute Gasteiger partial charge is 0.353 e. The van der Waals surface area contributed by atoms with Crippen molar-refractivity contribution in [2.75, 3.05) is 6.54 Å². The van der Waals surface area contributed by atoms with Gasteiger partial charge in [-0.25, -0.2) is 0 Å². The first-order valence-corrected chi connectivity index (χ1v) is 8.86. The SMILES string of the molecule is CC(C)NC(=O)C1c2ccccc2C(=O)N2CCc3ccccc3C12. The standard InChI is InChI=1S/C21H22N2O2/c1-13(2)22-20(24)18-16-9-5-6-10-17(16)21(25)23-12-11-14-7-3-4-8-15(14)19(18)23/h3-10,13,18-19H,11-12H2,1-2H3,(H,22,24). The zero-order chi connectivity index (χ0) is 17.6. The molecule has 0 aliphatic carbocycles. The summed E-state index contributed by atoms with van der Waals surface area (Å²) in [5, 5.41) is 3.06. The molecule has 4 nitrogen and oxygen atoms in total. The smallest absolute Gasteiger partial charge is 0.254 e. The summed E-state index contributed by atoms with van der Waals surface area (Å²) in [6.45, 7) is 4.58. The van der Waals surface area contributed by atoms with E-state index in [1.54, 1.807) is 0 Å². The number of rotatable bonds is 2. The molecule has 0 saturated carbocycles. The molecule has 0 aromatic heterocycles. The van der Waals surface area contributed by atoms with Crippen molar-refractivity contribution in [3.05, 3.63) is 70.8 Å². The van der Waals surface area contributed by atoms with Crippen LogP contribution in [0.25, 0.3) is 0 Å². The van der Waals surface area contributed by atoms with E-state index < -0.39 is 0 Å². The fourth-order valence-electron chi connectivity index (χ4n) is 4.13. The van der Waals surface area contributed by atoms with E-state index in [9.17, 15) is 9.59 Å². The monoisotopic (exact) mass is 334 g/mol. The fourth-order valence-corrected chi connectivity index (χ4v) is 4.13. The van der Waals surface area contributed by atoms with Crippen molar-refractivity contribution in [3.8, 4) is 0 Å². The molecule has 2 unspecified atom stereocenters. The van der Waals surface area contributed by atoms with Crippen LogP contribution in [0.5, 0.6) is 0 Å². The molecule has 128 valence electrons. The average molecular weight is 334 g/mol. The second-order valence-corrected chi connectivity index (χ2v) is 7.12. The van der Waals surface area contributed by atoms with Crippen molar-refractivity contribution < 1.29 is 9.59 Å². The third-order valence-corrected chi connectivity index (χ3v) is 5.15. The van der Waals surface area contributed by atoms with E-state index in [4.69, 9.17) is 0 Å². The highest BCUT2D eigenvalue weighted by molar-refractivity contribution is 6.01. The summed E-state index contributed by atoms with van der Waals surface area (Å²) in [6, 6.07) is 15.5. The summed E-state index contributed by atoms with van der Waals surface area (Å²) >= 11 is 0. The van der Waals surface area contributed by atoms with E-state index >= 15 is 0 Å². The van der Waals surface area contributed by atoms with Crippen LogP contribution in [0.3, 0.4) is 0 Å². The van der Waals surface area contributed by atoms with Crippen molar-refractivity contribution >= 4 is 11.8 Å². The van der Waals surface area contributed by atoms with Gasteiger partial charge in [0, 0.05) is 18.2 Å². The number of fused-ring (bicyclic) bond motifs is 4. The number of hydrogen-bond acceptors (Lipinski definition) is 2. The van der Waals surface area contributed by atoms with Gasteiger partial charge in [0.05, 0.1) is 12.0 Å². The summed E-state index contributed by atoms with van der Waals surface area (Å²) in [7, 11) is 0. The first kappa shape index (κ1) is 15.9. The van der Waals surface area contributed by atoms with Crippen LogP contribution in [0, 0.1) is 0 Å². The highest BCUT2D eigenvalue weighted by Crippen LogP contribution is 2.45. The minimum absolute atomic E-state index is 0.0124. The summed E-state index contributed by atoms with van der Waals surface area (Å²) in [5.41, 5.74) is 3.82. The van der Waals surface area contributed by atoms with Gasteiger partial charge in [-0.3, -0.25) is 9.59 Å². The predicted molar refractivity (Wildman–Crippen MR) is 96.4 cm³/mol. The second kappa shape index (κ2) is 6.03. The van der Waals surface area contributed by atoms with E-state index in [-0.39, 0.29) is 29.8 Å². The molecule has 0 fully saturated rings. The molecule has 25 heavy (non-hydrogen) atoms. The van der Waals surface area contributed by atoms with E-state index in [1.807, 2.05) is 55.1 Å². The Morgan fingerprint density at radius 2 is 1.76 bits per heavy atom. The first-order chi connectivity index (χ1) is 12.1. The molecule has 2 heterocycles. The van der Waals surface area contributed by atoms with Gasteiger partial charge in [-0.15, -0.1) is 0 Å². The number of benzene rings is 2. The summed E-state index contributed by atoms with van der Waals surface area (Å²) < 4.78 is 0. The van der Waals surface area contributed by atoms with Crippen LogP contribution < -0.4 is 5.32 Å². The Balaban J connectivity index is 1.90. The molecule has 4 heteroatoms. The number of carbonyl (C=O) groups excluding carboxylic acids is 2. The third-order valence-electron chi connectivity index (χ3n) is 5.15. The molecule has 4 rings (SSSR count). The fraction of sp³-hybridized carbons (Fsp3) is 0.333. The molecule has 2 aliphatic rings. The van der Waals surface area contributed by atoms with Gasteiger partial charge in [0.1, 0.15) is 0 Å². The maximum atomic E-state index is 13.1. The lowest BCUT2D eigenvalue weighted by Gasteiger charge is -2.45. The lowest BCUT2D eigenvalue weighted by Crippen LogP contribution is -2.50. The molecule has 2 amide bonds. The lowest BCUT2D eigenvalue weighted by atomic mass is 9.76. The van der Waals surface area contributed by atoms with Gasteiger partial charge < -0.3 is 10.2 Å². The molecule has 0 spiro atoms. The van der Waals surface area contributed by atoms with Gasteiger partial charge >= 0.3 is 0 Å². The minimum atomic E-state index is -0.377. The van der Waals surface area contributed by atoms with Gasteiger partial charge in [0.15, 0.2) is 0 Å². The molecular formula is C21H22N2O2. The maximum Gasteiger partial charge on any atom is 0.254 e. The Morgan fingerprint density at radius 3 is 2.52 bits per heavy atom. The second-order valence-electron chi connectivity index (χ2n) is 7.12. The molecular weight excluding hydrogens is 312 g/mol. The minimum Gasteiger partial charge on any atom is -0.353 e. The van der Waals surface area contributed by atoms with Crippen LogP contribution in [0.2, 0.25) is 0 Å². The first-order valence-electron chi connectivity index (χ1n) is 8.86. The molecule has 0 bridgehead atoms. The molecule has 1 N–H and O–H groups in total. The summed E-state index contributed by atoms with van der Waals surface area (Å²) in [4.78, 5) is 28.0. The number of nitrogens with zero attached hydrogens (tertiary/aromatic N) is 1. The molecule has 0 radical (unpaired) electrons. The van der Waals surface area contributed by atoms with Gasteiger partial charge in [-0.1, -0.05) is 42.5 Å². The number of nitrogens with one attached hydrogen (secondary N) is 1. The zero-order valence-electron chi connectivity index (χ0n) is 14.5. The van der Waals surface area contributed by atoms with Crippen LogP contribution in [-0.4, -0.2) is 29.3 Å². The quantitative estimate of drug-likeness (QED) is 0.918. The molecule has 2 atom stereocenters. The molecule has 2 aliphatic heterocycles. The van der Waals surface area contributed by atoms with Gasteiger partial charge in [0.25, 0.3) is 5.91 Å². The van der Waals surface area contributed by atoms with Crippen LogP contribution >= 0.6 is 0 Å². The molecule has 2 aromatic carbocycles. The summed E-state index contributed by atoms with van der Waals surface area (Å²) in [5.74, 6) is -0.358. The Labute approximate surface area is 147 Å². The maximum absolute atomic E-state index is 13.1. The van der Waals surface area contributed by atoms with E-state index in [2.05, 4.69) is 17.4 Å². The Bertz CT molecular complexity index is 843. The van der Waals surface area contributed by atoms with E-state index in [0.29, 0.717) is 12.1 Å². The number of hydrogen-bond donors (Lipinski definition) is 1. The van der Waals surface area contributed by atoms with Crippen molar-refractivity contribution in [1.29, 1.82) is 0 Å². The molecule has 2 aromatic rings. The lowest BCUT2D eigenvalue weighted by molar-refractivity contribution is -0.124. The Morgan fingerprint density at radius 1 is 1.08 bits per heavy atom. The van der Waals surface area contributed by atoms with Gasteiger partial charge in [-0.2, -0.15) is 0 Å². The van der Waals surface area contributed by atoms with Crippen molar-refractivity contribution in [2.45, 2.75) is 38.3 Å². The van der Waals surface area contributed by atoms with Crippen LogP contribution in [-0.2, 0) is 11.2 Å². The predicted octanol–water partition coefficient (Wildman–Crippen LogP) is 3.05. The molecule has 0 saturated heterocycles.